The average molecular weight is 346 g/mol. The highest BCUT2D eigenvalue weighted by Gasteiger charge is 2.34. The molecule has 2 rings (SSSR count). The van der Waals surface area contributed by atoms with Gasteiger partial charge in [0.25, 0.3) is 0 Å². The van der Waals surface area contributed by atoms with E-state index in [0.29, 0.717) is 10.6 Å². The Morgan fingerprint density at radius 1 is 1.26 bits per heavy atom. The van der Waals surface area contributed by atoms with E-state index in [1.165, 1.54) is 31.3 Å². The number of aliphatic carboxylic acids is 1. The first-order chi connectivity index (χ1) is 10.7. The monoisotopic (exact) mass is 345 g/mol. The van der Waals surface area contributed by atoms with E-state index < -0.39 is 24.4 Å². The molecule has 1 aromatic carbocycles. The van der Waals surface area contributed by atoms with Crippen molar-refractivity contribution in [3.8, 4) is 11.3 Å². The molecule has 0 aliphatic carbocycles. The topological polar surface area (TPSA) is 66.3 Å². The molecule has 0 amide bonds. The van der Waals surface area contributed by atoms with Gasteiger partial charge in [0.2, 0.25) is 5.95 Å². The quantitative estimate of drug-likeness (QED) is 0.920. The SMILES string of the molecule is CN(CC(=O)O)c1nc(-c2ccc(Cl)cc2)cc(C(F)(F)F)n1. The zero-order valence-electron chi connectivity index (χ0n) is 11.8. The van der Waals surface area contributed by atoms with Crippen molar-refractivity contribution in [1.29, 1.82) is 0 Å². The van der Waals surface area contributed by atoms with Crippen LogP contribution in [0.4, 0.5) is 19.1 Å². The molecule has 0 aliphatic rings. The molecule has 0 radical (unpaired) electrons. The van der Waals surface area contributed by atoms with E-state index in [1.54, 1.807) is 0 Å². The largest absolute Gasteiger partial charge is 0.480 e. The Kier molecular flexibility index (Phi) is 4.74. The maximum atomic E-state index is 13.0. The molecule has 0 spiro atoms. The highest BCUT2D eigenvalue weighted by Crippen LogP contribution is 2.31. The summed E-state index contributed by atoms with van der Waals surface area (Å²) in [5, 5.41) is 9.19. The zero-order valence-corrected chi connectivity index (χ0v) is 12.6. The summed E-state index contributed by atoms with van der Waals surface area (Å²) in [6, 6.07) is 6.89. The Morgan fingerprint density at radius 2 is 1.87 bits per heavy atom. The lowest BCUT2D eigenvalue weighted by molar-refractivity contribution is -0.141. The van der Waals surface area contributed by atoms with Gasteiger partial charge in [-0.1, -0.05) is 23.7 Å². The third kappa shape index (κ3) is 4.32. The molecular weight excluding hydrogens is 335 g/mol. The molecule has 23 heavy (non-hydrogen) atoms. The van der Waals surface area contributed by atoms with Crippen molar-refractivity contribution in [2.24, 2.45) is 0 Å². The van der Waals surface area contributed by atoms with Gasteiger partial charge in [0, 0.05) is 17.6 Å². The Bertz CT molecular complexity index is 720. The van der Waals surface area contributed by atoms with Crippen LogP contribution in [-0.4, -0.2) is 34.6 Å². The maximum Gasteiger partial charge on any atom is 0.433 e. The van der Waals surface area contributed by atoms with Gasteiger partial charge >= 0.3 is 12.1 Å². The van der Waals surface area contributed by atoms with Crippen LogP contribution in [0.25, 0.3) is 11.3 Å². The van der Waals surface area contributed by atoms with Gasteiger partial charge in [0.1, 0.15) is 6.54 Å². The first-order valence-electron chi connectivity index (χ1n) is 6.32. The van der Waals surface area contributed by atoms with Crippen LogP contribution in [0.2, 0.25) is 5.02 Å². The van der Waals surface area contributed by atoms with Crippen LogP contribution in [0.15, 0.2) is 30.3 Å². The van der Waals surface area contributed by atoms with Crippen LogP contribution in [0.1, 0.15) is 5.69 Å². The lowest BCUT2D eigenvalue weighted by Crippen LogP contribution is -2.28. The summed E-state index contributed by atoms with van der Waals surface area (Å²) in [6.45, 7) is -0.526. The summed E-state index contributed by atoms with van der Waals surface area (Å²) in [4.78, 5) is 19.2. The van der Waals surface area contributed by atoms with E-state index in [-0.39, 0.29) is 11.6 Å². The molecular formula is C14H11ClF3N3O2. The summed E-state index contributed by atoms with van der Waals surface area (Å²) in [5.74, 6) is -1.53. The number of anilines is 1. The minimum absolute atomic E-state index is 0.0243. The number of nitrogens with zero attached hydrogens (tertiary/aromatic N) is 3. The number of hydrogen-bond donors (Lipinski definition) is 1. The van der Waals surface area contributed by atoms with E-state index in [1.807, 2.05) is 0 Å². The number of aromatic nitrogens is 2. The Hall–Kier alpha value is -2.35. The molecule has 9 heteroatoms. The number of rotatable bonds is 4. The molecule has 0 bridgehead atoms. The molecule has 2 aromatic rings. The van der Waals surface area contributed by atoms with Crippen molar-refractivity contribution in [3.63, 3.8) is 0 Å². The molecule has 122 valence electrons. The summed E-state index contributed by atoms with van der Waals surface area (Å²) >= 11 is 5.76. The predicted octanol–water partition coefficient (Wildman–Crippen LogP) is 3.34. The van der Waals surface area contributed by atoms with E-state index >= 15 is 0 Å². The van der Waals surface area contributed by atoms with Gasteiger partial charge in [-0.05, 0) is 18.2 Å². The number of halogens is 4. The summed E-state index contributed by atoms with van der Waals surface area (Å²) in [5.41, 5.74) is -0.715. The smallest absolute Gasteiger partial charge is 0.433 e. The van der Waals surface area contributed by atoms with E-state index in [4.69, 9.17) is 16.7 Å². The molecule has 5 nitrogen and oxygen atoms in total. The second-order valence-electron chi connectivity index (χ2n) is 4.69. The molecule has 0 atom stereocenters. The van der Waals surface area contributed by atoms with Gasteiger partial charge in [-0.25, -0.2) is 9.97 Å². The van der Waals surface area contributed by atoms with Crippen LogP contribution >= 0.6 is 11.6 Å². The summed E-state index contributed by atoms with van der Waals surface area (Å²) in [6.07, 6.45) is -4.68. The highest BCUT2D eigenvalue weighted by molar-refractivity contribution is 6.30. The second-order valence-corrected chi connectivity index (χ2v) is 5.13. The van der Waals surface area contributed by atoms with Gasteiger partial charge in [0.05, 0.1) is 5.69 Å². The number of benzene rings is 1. The van der Waals surface area contributed by atoms with Crippen LogP contribution in [0, 0.1) is 0 Å². The molecule has 0 unspecified atom stereocenters. The second kappa shape index (κ2) is 6.41. The predicted molar refractivity (Wildman–Crippen MR) is 78.4 cm³/mol. The number of carboxylic acids is 1. The molecule has 0 saturated heterocycles. The lowest BCUT2D eigenvalue weighted by Gasteiger charge is -2.17. The van der Waals surface area contributed by atoms with Crippen LogP contribution in [0.3, 0.4) is 0 Å². The zero-order chi connectivity index (χ0) is 17.2. The van der Waals surface area contributed by atoms with Crippen molar-refractivity contribution in [2.45, 2.75) is 6.18 Å². The van der Waals surface area contributed by atoms with Crippen LogP contribution in [-0.2, 0) is 11.0 Å². The number of likely N-dealkylation sites (N-methyl/N-ethyl adjacent to an activating group) is 1. The molecule has 1 heterocycles. The number of carbonyl (C=O) groups is 1. The van der Waals surface area contributed by atoms with Crippen LogP contribution in [0.5, 0.6) is 0 Å². The maximum absolute atomic E-state index is 13.0. The first-order valence-corrected chi connectivity index (χ1v) is 6.70. The molecule has 1 aromatic heterocycles. The van der Waals surface area contributed by atoms with Gasteiger partial charge in [-0.2, -0.15) is 13.2 Å². The standard InChI is InChI=1S/C14H11ClF3N3O2/c1-21(7-12(22)23)13-19-10(6-11(20-13)14(16,17)18)8-2-4-9(15)5-3-8/h2-6H,7H2,1H3,(H,22,23). The third-order valence-electron chi connectivity index (χ3n) is 2.86. The summed E-state index contributed by atoms with van der Waals surface area (Å²) < 4.78 is 39.0. The van der Waals surface area contributed by atoms with Gasteiger partial charge in [0.15, 0.2) is 5.69 Å². The van der Waals surface area contributed by atoms with E-state index in [9.17, 15) is 18.0 Å². The average Bonchev–Trinajstić information content (AvgIpc) is 2.46. The van der Waals surface area contributed by atoms with Crippen molar-refractivity contribution < 1.29 is 23.1 Å². The van der Waals surface area contributed by atoms with Gasteiger partial charge in [-0.3, -0.25) is 4.79 Å². The third-order valence-corrected chi connectivity index (χ3v) is 3.11. The Balaban J connectivity index is 2.53. The van der Waals surface area contributed by atoms with Crippen molar-refractivity contribution in [2.75, 3.05) is 18.5 Å². The number of hydrogen-bond acceptors (Lipinski definition) is 4. The van der Waals surface area contributed by atoms with Gasteiger partial charge < -0.3 is 10.0 Å². The fourth-order valence-corrected chi connectivity index (χ4v) is 1.92. The number of carboxylic acid groups (broad SMARTS) is 1. The highest BCUT2D eigenvalue weighted by atomic mass is 35.5. The first kappa shape index (κ1) is 17.0. The molecule has 0 saturated carbocycles. The Labute approximate surface area is 134 Å². The van der Waals surface area contributed by atoms with Crippen molar-refractivity contribution in [1.82, 2.24) is 9.97 Å². The lowest BCUT2D eigenvalue weighted by atomic mass is 10.1. The summed E-state index contributed by atoms with van der Waals surface area (Å²) in [7, 11) is 1.30. The van der Waals surface area contributed by atoms with Crippen molar-refractivity contribution >= 4 is 23.5 Å². The fraction of sp³-hybridized carbons (Fsp3) is 0.214. The van der Waals surface area contributed by atoms with Crippen LogP contribution < -0.4 is 4.90 Å². The fourth-order valence-electron chi connectivity index (χ4n) is 1.79. The van der Waals surface area contributed by atoms with E-state index in [0.717, 1.165) is 11.0 Å². The minimum atomic E-state index is -4.68. The van der Waals surface area contributed by atoms with Crippen molar-refractivity contribution in [3.05, 3.63) is 41.0 Å². The normalized spacial score (nSPS) is 11.3. The Morgan fingerprint density at radius 3 is 2.39 bits per heavy atom. The molecule has 0 aliphatic heterocycles. The minimum Gasteiger partial charge on any atom is -0.480 e. The van der Waals surface area contributed by atoms with Gasteiger partial charge in [-0.15, -0.1) is 0 Å². The molecule has 1 N–H and O–H groups in total. The number of alkyl halides is 3. The molecule has 0 fully saturated rings. The van der Waals surface area contributed by atoms with E-state index in [2.05, 4.69) is 9.97 Å².